The number of carbonyl (C=O) groups is 3. The Hall–Kier alpha value is -3.35. The number of nitrogens with zero attached hydrogens (tertiary/aromatic N) is 2. The van der Waals surface area contributed by atoms with E-state index in [4.69, 9.17) is 0 Å². The molecule has 0 saturated carbocycles. The zero-order chi connectivity index (χ0) is 18.0. The number of imide groups is 2. The Kier molecular flexibility index (Phi) is 4.38. The van der Waals surface area contributed by atoms with E-state index in [2.05, 4.69) is 10.3 Å². The molecule has 1 saturated heterocycles. The largest absolute Gasteiger partial charge is 0.335 e. The second-order valence-corrected chi connectivity index (χ2v) is 5.51. The average Bonchev–Trinajstić information content (AvgIpc) is 2.57. The lowest BCUT2D eigenvalue weighted by molar-refractivity contribution is -0.131. The van der Waals surface area contributed by atoms with Crippen molar-refractivity contribution >= 4 is 35.4 Å². The van der Waals surface area contributed by atoms with Crippen LogP contribution < -0.4 is 10.2 Å². The van der Waals surface area contributed by atoms with Crippen LogP contribution in [0.4, 0.5) is 20.6 Å². The summed E-state index contributed by atoms with van der Waals surface area (Å²) in [5, 5.41) is 2.05. The minimum Gasteiger partial charge on any atom is -0.276 e. The summed E-state index contributed by atoms with van der Waals surface area (Å²) in [6.07, 6.45) is 1.16. The normalized spacial score (nSPS) is 17.9. The van der Waals surface area contributed by atoms with Crippen LogP contribution in [-0.2, 0) is 9.59 Å². The lowest BCUT2D eigenvalue weighted by Crippen LogP contribution is -2.58. The number of halogens is 1. The molecule has 0 bridgehead atoms. The van der Waals surface area contributed by atoms with E-state index < -0.39 is 29.6 Å². The van der Waals surface area contributed by atoms with Gasteiger partial charge < -0.3 is 0 Å². The van der Waals surface area contributed by atoms with Crippen LogP contribution >= 0.6 is 0 Å². The predicted octanol–water partition coefficient (Wildman–Crippen LogP) is 2.74. The van der Waals surface area contributed by atoms with Gasteiger partial charge in [0.2, 0.25) is 5.91 Å². The molecule has 1 atom stereocenters. The lowest BCUT2D eigenvalue weighted by atomic mass is 10.1. The first kappa shape index (κ1) is 16.5. The third kappa shape index (κ3) is 3.30. The number of anilines is 1. The highest BCUT2D eigenvalue weighted by Gasteiger charge is 2.41. The van der Waals surface area contributed by atoms with Crippen LogP contribution in [0.2, 0.25) is 0 Å². The van der Waals surface area contributed by atoms with E-state index in [1.54, 1.807) is 12.1 Å². The summed E-state index contributed by atoms with van der Waals surface area (Å²) in [7, 11) is 0. The third-order valence-electron chi connectivity index (χ3n) is 3.70. The Morgan fingerprint density at radius 3 is 2.44 bits per heavy atom. The van der Waals surface area contributed by atoms with Crippen LogP contribution in [0.15, 0.2) is 53.5 Å². The molecule has 126 valence electrons. The molecule has 2 aromatic carbocycles. The summed E-state index contributed by atoms with van der Waals surface area (Å²) in [6, 6.07) is 11.5. The lowest BCUT2D eigenvalue weighted by Gasteiger charge is -2.28. The number of para-hydroxylation sites is 1. The van der Waals surface area contributed by atoms with Crippen molar-refractivity contribution in [1.29, 1.82) is 0 Å². The van der Waals surface area contributed by atoms with Gasteiger partial charge in [0.1, 0.15) is 5.82 Å². The van der Waals surface area contributed by atoms with Gasteiger partial charge in [-0.05, 0) is 31.2 Å². The maximum absolute atomic E-state index is 13.9. The second-order valence-electron chi connectivity index (χ2n) is 5.51. The highest BCUT2D eigenvalue weighted by molar-refractivity contribution is 6.32. The predicted molar refractivity (Wildman–Crippen MR) is 90.2 cm³/mol. The van der Waals surface area contributed by atoms with Crippen LogP contribution in [0.1, 0.15) is 5.56 Å². The zero-order valence-electron chi connectivity index (χ0n) is 13.3. The van der Waals surface area contributed by atoms with Crippen molar-refractivity contribution < 1.29 is 18.8 Å². The first-order chi connectivity index (χ1) is 12.0. The van der Waals surface area contributed by atoms with Gasteiger partial charge in [-0.2, -0.15) is 0 Å². The maximum atomic E-state index is 13.9. The Morgan fingerprint density at radius 2 is 1.76 bits per heavy atom. The van der Waals surface area contributed by atoms with Crippen LogP contribution in [0, 0.1) is 18.7 Å². The number of aryl methyl sites for hydroxylation is 1. The molecule has 25 heavy (non-hydrogen) atoms. The molecular weight excluding hydrogens is 325 g/mol. The van der Waals surface area contributed by atoms with E-state index in [0.717, 1.165) is 17.8 Å². The van der Waals surface area contributed by atoms with Gasteiger partial charge in [-0.15, -0.1) is 0 Å². The number of urea groups is 1. The molecule has 1 heterocycles. The van der Waals surface area contributed by atoms with Gasteiger partial charge in [0.05, 0.1) is 11.4 Å². The van der Waals surface area contributed by atoms with Gasteiger partial charge in [0.25, 0.3) is 5.91 Å². The minimum atomic E-state index is -1.32. The highest BCUT2D eigenvalue weighted by Crippen LogP contribution is 2.23. The van der Waals surface area contributed by atoms with Gasteiger partial charge in [0.15, 0.2) is 5.92 Å². The number of carbonyl (C=O) groups excluding carboxylic acids is 3. The summed E-state index contributed by atoms with van der Waals surface area (Å²) in [5.41, 5.74) is 1.38. The second kappa shape index (κ2) is 6.64. The van der Waals surface area contributed by atoms with E-state index in [0.29, 0.717) is 10.6 Å². The molecule has 0 unspecified atom stereocenters. The molecule has 1 fully saturated rings. The topological polar surface area (TPSA) is 78.8 Å². The fourth-order valence-corrected chi connectivity index (χ4v) is 2.37. The zero-order valence-corrected chi connectivity index (χ0v) is 13.3. The van der Waals surface area contributed by atoms with Crippen molar-refractivity contribution in [3.05, 3.63) is 59.9 Å². The molecule has 1 aliphatic rings. The number of hydrogen-bond donors (Lipinski definition) is 1. The van der Waals surface area contributed by atoms with Gasteiger partial charge in [-0.25, -0.2) is 14.1 Å². The van der Waals surface area contributed by atoms with Crippen molar-refractivity contribution in [2.24, 2.45) is 10.9 Å². The fraction of sp³-hybridized carbons (Fsp3) is 0.111. The van der Waals surface area contributed by atoms with Crippen molar-refractivity contribution in [2.75, 3.05) is 4.90 Å². The first-order valence-electron chi connectivity index (χ1n) is 7.51. The number of aliphatic imine (C=N–C) groups is 1. The Bertz CT molecular complexity index is 877. The quantitative estimate of drug-likeness (QED) is 0.690. The Morgan fingerprint density at radius 1 is 1.08 bits per heavy atom. The van der Waals surface area contributed by atoms with Crippen molar-refractivity contribution in [1.82, 2.24) is 5.32 Å². The van der Waals surface area contributed by atoms with Crippen LogP contribution in [0.3, 0.4) is 0 Å². The molecule has 1 N–H and O–H groups in total. The third-order valence-corrected chi connectivity index (χ3v) is 3.70. The average molecular weight is 339 g/mol. The number of hydrogen-bond acceptors (Lipinski definition) is 4. The standard InChI is InChI=1S/C18H14FN3O3/c1-11-6-8-12(9-7-11)20-10-13-16(23)21-18(25)22(17(13)24)15-5-3-2-4-14(15)19/h2-10,13H,1H3,(H,21,23,25)/t13-/m1/s1. The van der Waals surface area contributed by atoms with Crippen molar-refractivity contribution in [2.45, 2.75) is 6.92 Å². The summed E-state index contributed by atoms with van der Waals surface area (Å²) >= 11 is 0. The Labute approximate surface area is 143 Å². The molecule has 0 aliphatic carbocycles. The molecule has 4 amide bonds. The summed E-state index contributed by atoms with van der Waals surface area (Å²) in [5.74, 6) is -3.71. The van der Waals surface area contributed by atoms with Gasteiger partial charge in [-0.1, -0.05) is 29.8 Å². The van der Waals surface area contributed by atoms with E-state index >= 15 is 0 Å². The molecule has 0 spiro atoms. The van der Waals surface area contributed by atoms with E-state index in [-0.39, 0.29) is 5.69 Å². The van der Waals surface area contributed by atoms with Crippen LogP contribution in [0.5, 0.6) is 0 Å². The molecule has 7 heteroatoms. The number of benzene rings is 2. The van der Waals surface area contributed by atoms with Crippen molar-refractivity contribution in [3.63, 3.8) is 0 Å². The fourth-order valence-electron chi connectivity index (χ4n) is 2.37. The molecule has 0 radical (unpaired) electrons. The highest BCUT2D eigenvalue weighted by atomic mass is 19.1. The summed E-state index contributed by atoms with van der Waals surface area (Å²) < 4.78 is 13.9. The summed E-state index contributed by atoms with van der Waals surface area (Å²) in [6.45, 7) is 1.92. The van der Waals surface area contributed by atoms with Crippen LogP contribution in [0.25, 0.3) is 0 Å². The molecular formula is C18H14FN3O3. The van der Waals surface area contributed by atoms with Gasteiger partial charge in [0, 0.05) is 6.21 Å². The number of nitrogens with one attached hydrogen (secondary N) is 1. The number of amides is 4. The molecule has 2 aromatic rings. The molecule has 1 aliphatic heterocycles. The van der Waals surface area contributed by atoms with E-state index in [1.165, 1.54) is 18.2 Å². The molecule has 0 aromatic heterocycles. The number of rotatable bonds is 3. The van der Waals surface area contributed by atoms with E-state index in [1.807, 2.05) is 19.1 Å². The monoisotopic (exact) mass is 339 g/mol. The van der Waals surface area contributed by atoms with E-state index in [9.17, 15) is 18.8 Å². The molecule has 3 rings (SSSR count). The Balaban J connectivity index is 1.90. The maximum Gasteiger partial charge on any atom is 0.335 e. The number of barbiturate groups is 1. The van der Waals surface area contributed by atoms with Gasteiger partial charge in [-0.3, -0.25) is 19.9 Å². The van der Waals surface area contributed by atoms with Gasteiger partial charge >= 0.3 is 6.03 Å². The minimum absolute atomic E-state index is 0.216. The first-order valence-corrected chi connectivity index (χ1v) is 7.51. The van der Waals surface area contributed by atoms with Crippen LogP contribution in [-0.4, -0.2) is 24.1 Å². The van der Waals surface area contributed by atoms with Crippen molar-refractivity contribution in [3.8, 4) is 0 Å². The molecule has 6 nitrogen and oxygen atoms in total. The smallest absolute Gasteiger partial charge is 0.276 e. The summed E-state index contributed by atoms with van der Waals surface area (Å²) in [4.78, 5) is 41.3. The SMILES string of the molecule is Cc1ccc(N=C[C@@H]2C(=O)NC(=O)N(c3ccccc3F)C2=O)cc1.